The number of carbonyl (C=O) groups is 2. The van der Waals surface area contributed by atoms with Crippen LogP contribution in [0.4, 0.5) is 8.78 Å². The maximum absolute atomic E-state index is 13.7. The summed E-state index contributed by atoms with van der Waals surface area (Å²) in [6.07, 6.45) is 0.488. The van der Waals surface area contributed by atoms with E-state index >= 15 is 0 Å². The molecule has 138 valence electrons. The molecule has 0 radical (unpaired) electrons. The molecule has 1 amide bonds. The molecule has 0 atom stereocenters. The smallest absolute Gasteiger partial charge is 0.223 e. The third-order valence-corrected chi connectivity index (χ3v) is 4.00. The second-order valence-electron chi connectivity index (χ2n) is 5.99. The van der Waals surface area contributed by atoms with Crippen LogP contribution >= 0.6 is 0 Å². The number of Topliss-reactive ketones (excluding diaryl/α,β-unsaturated/α-hetero) is 1. The SMILES string of the molecule is NCCCN(Cc1ccccc1)C(=O)CCC(=O)c1ccc(F)cc1F. The largest absolute Gasteiger partial charge is 0.338 e. The normalized spacial score (nSPS) is 10.6. The minimum absolute atomic E-state index is 0.0347. The lowest BCUT2D eigenvalue weighted by atomic mass is 10.1. The van der Waals surface area contributed by atoms with Gasteiger partial charge in [0.2, 0.25) is 5.91 Å². The minimum atomic E-state index is -0.910. The first-order chi connectivity index (χ1) is 12.5. The van der Waals surface area contributed by atoms with Gasteiger partial charge in [-0.05, 0) is 30.7 Å². The van der Waals surface area contributed by atoms with Crippen LogP contribution in [0.15, 0.2) is 48.5 Å². The number of rotatable bonds is 9. The van der Waals surface area contributed by atoms with E-state index < -0.39 is 17.4 Å². The number of halogens is 2. The van der Waals surface area contributed by atoms with Crippen molar-refractivity contribution in [3.8, 4) is 0 Å². The van der Waals surface area contributed by atoms with E-state index in [4.69, 9.17) is 5.73 Å². The van der Waals surface area contributed by atoms with Gasteiger partial charge < -0.3 is 10.6 Å². The van der Waals surface area contributed by atoms with Crippen molar-refractivity contribution in [3.63, 3.8) is 0 Å². The van der Waals surface area contributed by atoms with Gasteiger partial charge in [0.1, 0.15) is 11.6 Å². The van der Waals surface area contributed by atoms with Gasteiger partial charge in [0.05, 0.1) is 5.56 Å². The Morgan fingerprint density at radius 1 is 1.00 bits per heavy atom. The van der Waals surface area contributed by atoms with Crippen molar-refractivity contribution in [1.29, 1.82) is 0 Å². The molecule has 0 unspecified atom stereocenters. The van der Waals surface area contributed by atoms with Crippen molar-refractivity contribution >= 4 is 11.7 Å². The third-order valence-electron chi connectivity index (χ3n) is 4.00. The van der Waals surface area contributed by atoms with E-state index in [1.54, 1.807) is 4.90 Å². The quantitative estimate of drug-likeness (QED) is 0.698. The molecule has 0 aliphatic rings. The molecule has 2 aromatic rings. The van der Waals surface area contributed by atoms with Crippen LogP contribution in [0, 0.1) is 11.6 Å². The van der Waals surface area contributed by atoms with Crippen LogP contribution in [0.3, 0.4) is 0 Å². The maximum atomic E-state index is 13.7. The van der Waals surface area contributed by atoms with Gasteiger partial charge in [-0.1, -0.05) is 30.3 Å². The molecule has 0 saturated carbocycles. The summed E-state index contributed by atoms with van der Waals surface area (Å²) in [6.45, 7) is 1.38. The van der Waals surface area contributed by atoms with Crippen LogP contribution in [0.25, 0.3) is 0 Å². The molecular weight excluding hydrogens is 338 g/mol. The Bertz CT molecular complexity index is 751. The molecular formula is C20H22F2N2O2. The van der Waals surface area contributed by atoms with Crippen LogP contribution in [-0.2, 0) is 11.3 Å². The highest BCUT2D eigenvalue weighted by Gasteiger charge is 2.18. The monoisotopic (exact) mass is 360 g/mol. The van der Waals surface area contributed by atoms with Crippen LogP contribution in [0.1, 0.15) is 35.2 Å². The minimum Gasteiger partial charge on any atom is -0.338 e. The molecule has 2 rings (SSSR count). The van der Waals surface area contributed by atoms with Gasteiger partial charge >= 0.3 is 0 Å². The number of nitrogens with two attached hydrogens (primary N) is 1. The predicted molar refractivity (Wildman–Crippen MR) is 95.5 cm³/mol. The van der Waals surface area contributed by atoms with Crippen LogP contribution in [0.5, 0.6) is 0 Å². The topological polar surface area (TPSA) is 63.4 Å². The lowest BCUT2D eigenvalue weighted by molar-refractivity contribution is -0.131. The zero-order valence-corrected chi connectivity index (χ0v) is 14.5. The highest BCUT2D eigenvalue weighted by Crippen LogP contribution is 2.14. The number of hydrogen-bond acceptors (Lipinski definition) is 3. The summed E-state index contributed by atoms with van der Waals surface area (Å²) in [4.78, 5) is 26.3. The summed E-state index contributed by atoms with van der Waals surface area (Å²) in [5.41, 5.74) is 6.31. The first-order valence-electron chi connectivity index (χ1n) is 8.51. The standard InChI is InChI=1S/C20H22F2N2O2/c21-16-7-8-17(18(22)13-16)19(25)9-10-20(26)24(12-4-11-23)14-15-5-2-1-3-6-15/h1-3,5-8,13H,4,9-12,14,23H2. The Morgan fingerprint density at radius 2 is 1.73 bits per heavy atom. The number of nitrogens with zero attached hydrogens (tertiary/aromatic N) is 1. The van der Waals surface area contributed by atoms with Gasteiger partial charge in [0.15, 0.2) is 5.78 Å². The fourth-order valence-electron chi connectivity index (χ4n) is 2.61. The fourth-order valence-corrected chi connectivity index (χ4v) is 2.61. The van der Waals surface area contributed by atoms with Crippen molar-refractivity contribution in [2.24, 2.45) is 5.73 Å². The average molecular weight is 360 g/mol. The van der Waals surface area contributed by atoms with E-state index in [0.717, 1.165) is 17.7 Å². The lowest BCUT2D eigenvalue weighted by Crippen LogP contribution is -2.32. The lowest BCUT2D eigenvalue weighted by Gasteiger charge is -2.22. The molecule has 4 nitrogen and oxygen atoms in total. The Balaban J connectivity index is 1.98. The van der Waals surface area contributed by atoms with E-state index in [-0.39, 0.29) is 24.3 Å². The van der Waals surface area contributed by atoms with Gasteiger partial charge in [0.25, 0.3) is 0 Å². The highest BCUT2D eigenvalue weighted by atomic mass is 19.1. The van der Waals surface area contributed by atoms with Crippen molar-refractivity contribution in [2.45, 2.75) is 25.8 Å². The molecule has 2 aromatic carbocycles. The third kappa shape index (κ3) is 5.74. The predicted octanol–water partition coefficient (Wildman–Crippen LogP) is 3.31. The van der Waals surface area contributed by atoms with E-state index in [1.807, 2.05) is 30.3 Å². The van der Waals surface area contributed by atoms with Gasteiger partial charge in [-0.15, -0.1) is 0 Å². The molecule has 0 fully saturated rings. The molecule has 6 heteroatoms. The number of hydrogen-bond donors (Lipinski definition) is 1. The van der Waals surface area contributed by atoms with E-state index in [2.05, 4.69) is 0 Å². The number of benzene rings is 2. The van der Waals surface area contributed by atoms with Gasteiger partial charge in [-0.25, -0.2) is 8.78 Å². The van der Waals surface area contributed by atoms with Crippen molar-refractivity contribution in [2.75, 3.05) is 13.1 Å². The Morgan fingerprint density at radius 3 is 2.38 bits per heavy atom. The Hall–Kier alpha value is -2.60. The van der Waals surface area contributed by atoms with Gasteiger partial charge in [0, 0.05) is 32.0 Å². The second kappa shape index (κ2) is 9.77. The molecule has 0 heterocycles. The van der Waals surface area contributed by atoms with E-state index in [0.29, 0.717) is 32.1 Å². The number of carbonyl (C=O) groups excluding carboxylic acids is 2. The van der Waals surface area contributed by atoms with E-state index in [1.165, 1.54) is 0 Å². The zero-order valence-electron chi connectivity index (χ0n) is 14.5. The fraction of sp³-hybridized carbons (Fsp3) is 0.300. The first-order valence-corrected chi connectivity index (χ1v) is 8.51. The van der Waals surface area contributed by atoms with Gasteiger partial charge in [-0.3, -0.25) is 9.59 Å². The Labute approximate surface area is 151 Å². The Kier molecular flexibility index (Phi) is 7.41. The highest BCUT2D eigenvalue weighted by molar-refractivity contribution is 5.98. The summed E-state index contributed by atoms with van der Waals surface area (Å²) in [6, 6.07) is 12.3. The molecule has 26 heavy (non-hydrogen) atoms. The first kappa shape index (κ1) is 19.7. The molecule has 2 N–H and O–H groups in total. The van der Waals surface area contributed by atoms with Crippen LogP contribution in [-0.4, -0.2) is 29.7 Å². The summed E-state index contributed by atoms with van der Waals surface area (Å²) in [5.74, 6) is -2.37. The second-order valence-corrected chi connectivity index (χ2v) is 5.99. The maximum Gasteiger partial charge on any atom is 0.223 e. The zero-order chi connectivity index (χ0) is 18.9. The number of ketones is 1. The molecule has 0 aromatic heterocycles. The number of amides is 1. The summed E-state index contributed by atoms with van der Waals surface area (Å²) in [7, 11) is 0. The van der Waals surface area contributed by atoms with Crippen molar-refractivity contribution in [3.05, 3.63) is 71.3 Å². The molecule has 0 bridgehead atoms. The molecule has 0 spiro atoms. The molecule has 0 aliphatic heterocycles. The molecule has 0 aliphatic carbocycles. The summed E-state index contributed by atoms with van der Waals surface area (Å²) < 4.78 is 26.6. The summed E-state index contributed by atoms with van der Waals surface area (Å²) >= 11 is 0. The van der Waals surface area contributed by atoms with Crippen molar-refractivity contribution in [1.82, 2.24) is 4.90 Å². The summed E-state index contributed by atoms with van der Waals surface area (Å²) in [5, 5.41) is 0. The van der Waals surface area contributed by atoms with Gasteiger partial charge in [-0.2, -0.15) is 0 Å². The molecule has 0 saturated heterocycles. The van der Waals surface area contributed by atoms with Crippen molar-refractivity contribution < 1.29 is 18.4 Å². The van der Waals surface area contributed by atoms with Crippen LogP contribution < -0.4 is 5.73 Å². The van der Waals surface area contributed by atoms with Crippen LogP contribution in [0.2, 0.25) is 0 Å². The van der Waals surface area contributed by atoms with E-state index in [9.17, 15) is 18.4 Å². The average Bonchev–Trinajstić information content (AvgIpc) is 2.63.